The molecule has 2 aromatic carbocycles. The van der Waals surface area contributed by atoms with Gasteiger partial charge in [0.15, 0.2) is 0 Å². The molecule has 0 saturated heterocycles. The predicted molar refractivity (Wildman–Crippen MR) is 96.4 cm³/mol. The first-order valence-corrected chi connectivity index (χ1v) is 8.55. The summed E-state index contributed by atoms with van der Waals surface area (Å²) in [7, 11) is 1.64. The average Bonchev–Trinajstić information content (AvgIpc) is 3.47. The standard InChI is InChI=1S/C20H23NO4/c1-23-17-8-10-18(11-9-17)24-12-3-13-25-19-5-2-4-16(14-19)21-20(22)15-6-7-15/h2,4-5,8-11,14-15H,3,6-7,12-13H2,1H3,(H,21,22). The molecule has 0 bridgehead atoms. The lowest BCUT2D eigenvalue weighted by Gasteiger charge is -2.10. The number of anilines is 1. The van der Waals surface area contributed by atoms with E-state index in [0.717, 1.165) is 42.2 Å². The zero-order valence-corrected chi connectivity index (χ0v) is 14.4. The van der Waals surface area contributed by atoms with Crippen LogP contribution in [0.4, 0.5) is 5.69 Å². The maximum atomic E-state index is 11.8. The van der Waals surface area contributed by atoms with Gasteiger partial charge in [-0.3, -0.25) is 4.79 Å². The number of methoxy groups -OCH3 is 1. The van der Waals surface area contributed by atoms with Crippen LogP contribution in [0.2, 0.25) is 0 Å². The molecule has 5 nitrogen and oxygen atoms in total. The highest BCUT2D eigenvalue weighted by atomic mass is 16.5. The van der Waals surface area contributed by atoms with E-state index in [1.165, 1.54) is 0 Å². The van der Waals surface area contributed by atoms with Crippen LogP contribution in [0.25, 0.3) is 0 Å². The third kappa shape index (κ3) is 5.41. The number of carbonyl (C=O) groups is 1. The number of benzene rings is 2. The van der Waals surface area contributed by atoms with Gasteiger partial charge in [-0.25, -0.2) is 0 Å². The Bertz CT molecular complexity index is 695. The van der Waals surface area contributed by atoms with E-state index in [2.05, 4.69) is 5.32 Å². The molecule has 0 aliphatic heterocycles. The van der Waals surface area contributed by atoms with Gasteiger partial charge in [-0.1, -0.05) is 6.07 Å². The smallest absolute Gasteiger partial charge is 0.227 e. The van der Waals surface area contributed by atoms with Gasteiger partial charge < -0.3 is 19.5 Å². The Morgan fingerprint density at radius 3 is 2.36 bits per heavy atom. The summed E-state index contributed by atoms with van der Waals surface area (Å²) in [6.07, 6.45) is 2.76. The van der Waals surface area contributed by atoms with Crippen LogP contribution in [0, 0.1) is 5.92 Å². The molecule has 1 aliphatic rings. The van der Waals surface area contributed by atoms with Crippen molar-refractivity contribution in [2.45, 2.75) is 19.3 Å². The first kappa shape index (κ1) is 17.1. The summed E-state index contributed by atoms with van der Waals surface area (Å²) in [6.45, 7) is 1.13. The second-order valence-corrected chi connectivity index (χ2v) is 6.02. The van der Waals surface area contributed by atoms with Gasteiger partial charge in [0.2, 0.25) is 5.91 Å². The lowest BCUT2D eigenvalue weighted by molar-refractivity contribution is -0.117. The summed E-state index contributed by atoms with van der Waals surface area (Å²) in [6, 6.07) is 15.0. The Balaban J connectivity index is 1.37. The number of nitrogens with one attached hydrogen (secondary N) is 1. The van der Waals surface area contributed by atoms with Crippen LogP contribution < -0.4 is 19.5 Å². The van der Waals surface area contributed by atoms with Crippen molar-refractivity contribution in [1.29, 1.82) is 0 Å². The topological polar surface area (TPSA) is 56.8 Å². The predicted octanol–water partition coefficient (Wildman–Crippen LogP) is 3.89. The van der Waals surface area contributed by atoms with Gasteiger partial charge in [-0.15, -0.1) is 0 Å². The van der Waals surface area contributed by atoms with Crippen molar-refractivity contribution in [3.8, 4) is 17.2 Å². The molecular weight excluding hydrogens is 318 g/mol. The molecule has 0 spiro atoms. The average molecular weight is 341 g/mol. The molecule has 0 heterocycles. The zero-order chi connectivity index (χ0) is 17.5. The Hall–Kier alpha value is -2.69. The normalized spacial score (nSPS) is 13.2. The molecular formula is C20H23NO4. The van der Waals surface area contributed by atoms with Gasteiger partial charge in [0, 0.05) is 24.1 Å². The van der Waals surface area contributed by atoms with Crippen molar-refractivity contribution in [3.63, 3.8) is 0 Å². The van der Waals surface area contributed by atoms with Crippen molar-refractivity contribution in [2.24, 2.45) is 5.92 Å². The number of carbonyl (C=O) groups excluding carboxylic acids is 1. The Morgan fingerprint density at radius 2 is 1.68 bits per heavy atom. The monoisotopic (exact) mass is 341 g/mol. The molecule has 1 aliphatic carbocycles. The summed E-state index contributed by atoms with van der Waals surface area (Å²) >= 11 is 0. The third-order valence-electron chi connectivity index (χ3n) is 3.94. The molecule has 1 N–H and O–H groups in total. The maximum absolute atomic E-state index is 11.8. The van der Waals surface area contributed by atoms with Gasteiger partial charge in [-0.2, -0.15) is 0 Å². The minimum Gasteiger partial charge on any atom is -0.497 e. The molecule has 132 valence electrons. The van der Waals surface area contributed by atoms with Crippen molar-refractivity contribution in [3.05, 3.63) is 48.5 Å². The van der Waals surface area contributed by atoms with E-state index >= 15 is 0 Å². The summed E-state index contributed by atoms with van der Waals surface area (Å²) in [5.41, 5.74) is 0.781. The van der Waals surface area contributed by atoms with E-state index in [4.69, 9.17) is 14.2 Å². The summed E-state index contributed by atoms with van der Waals surface area (Å²) in [4.78, 5) is 11.8. The molecule has 0 radical (unpaired) electrons. The molecule has 25 heavy (non-hydrogen) atoms. The van der Waals surface area contributed by atoms with Crippen molar-refractivity contribution in [1.82, 2.24) is 0 Å². The minimum absolute atomic E-state index is 0.102. The largest absolute Gasteiger partial charge is 0.497 e. The zero-order valence-electron chi connectivity index (χ0n) is 14.4. The second-order valence-electron chi connectivity index (χ2n) is 6.02. The van der Waals surface area contributed by atoms with E-state index in [0.29, 0.717) is 13.2 Å². The van der Waals surface area contributed by atoms with E-state index < -0.39 is 0 Å². The molecule has 5 heteroatoms. The summed E-state index contributed by atoms with van der Waals surface area (Å²) in [5.74, 6) is 2.66. The van der Waals surface area contributed by atoms with Crippen LogP contribution in [0.15, 0.2) is 48.5 Å². The van der Waals surface area contributed by atoms with Gasteiger partial charge in [0.1, 0.15) is 17.2 Å². The molecule has 1 fully saturated rings. The third-order valence-corrected chi connectivity index (χ3v) is 3.94. The SMILES string of the molecule is COc1ccc(OCCCOc2cccc(NC(=O)C3CC3)c2)cc1. The van der Waals surface area contributed by atoms with E-state index in [-0.39, 0.29) is 11.8 Å². The summed E-state index contributed by atoms with van der Waals surface area (Å²) in [5, 5.41) is 2.92. The van der Waals surface area contributed by atoms with Crippen molar-refractivity contribution < 1.29 is 19.0 Å². The van der Waals surface area contributed by atoms with Crippen LogP contribution in [-0.4, -0.2) is 26.2 Å². The van der Waals surface area contributed by atoms with Gasteiger partial charge >= 0.3 is 0 Å². The molecule has 1 saturated carbocycles. The Morgan fingerprint density at radius 1 is 1.00 bits per heavy atom. The van der Waals surface area contributed by atoms with Gasteiger partial charge in [0.05, 0.1) is 20.3 Å². The Labute approximate surface area is 147 Å². The lowest BCUT2D eigenvalue weighted by atomic mass is 10.3. The highest BCUT2D eigenvalue weighted by molar-refractivity contribution is 5.94. The minimum atomic E-state index is 0.102. The number of rotatable bonds is 9. The van der Waals surface area contributed by atoms with Crippen LogP contribution in [-0.2, 0) is 4.79 Å². The number of hydrogen-bond donors (Lipinski definition) is 1. The highest BCUT2D eigenvalue weighted by Gasteiger charge is 2.29. The number of amides is 1. The van der Waals surface area contributed by atoms with Gasteiger partial charge in [-0.05, 0) is 49.2 Å². The van der Waals surface area contributed by atoms with E-state index in [1.54, 1.807) is 7.11 Å². The van der Waals surface area contributed by atoms with Crippen LogP contribution >= 0.6 is 0 Å². The highest BCUT2D eigenvalue weighted by Crippen LogP contribution is 2.30. The van der Waals surface area contributed by atoms with E-state index in [1.807, 2.05) is 48.5 Å². The Kier molecular flexibility index (Phi) is 5.77. The lowest BCUT2D eigenvalue weighted by Crippen LogP contribution is -2.13. The summed E-state index contributed by atoms with van der Waals surface area (Å²) < 4.78 is 16.5. The van der Waals surface area contributed by atoms with Crippen LogP contribution in [0.5, 0.6) is 17.2 Å². The molecule has 3 rings (SSSR count). The quantitative estimate of drug-likeness (QED) is 0.703. The van der Waals surface area contributed by atoms with E-state index in [9.17, 15) is 4.79 Å². The molecule has 1 amide bonds. The second kappa shape index (κ2) is 8.42. The number of hydrogen-bond acceptors (Lipinski definition) is 4. The molecule has 0 unspecified atom stereocenters. The van der Waals surface area contributed by atoms with Crippen LogP contribution in [0.1, 0.15) is 19.3 Å². The first-order valence-electron chi connectivity index (χ1n) is 8.55. The van der Waals surface area contributed by atoms with Gasteiger partial charge in [0.25, 0.3) is 0 Å². The molecule has 2 aromatic rings. The molecule has 0 aromatic heterocycles. The van der Waals surface area contributed by atoms with Crippen LogP contribution in [0.3, 0.4) is 0 Å². The fourth-order valence-electron chi connectivity index (χ4n) is 2.36. The van der Waals surface area contributed by atoms with Crippen molar-refractivity contribution >= 4 is 11.6 Å². The maximum Gasteiger partial charge on any atom is 0.227 e. The number of ether oxygens (including phenoxy) is 3. The first-order chi connectivity index (χ1) is 12.2. The fourth-order valence-corrected chi connectivity index (χ4v) is 2.36. The van der Waals surface area contributed by atoms with Crippen molar-refractivity contribution in [2.75, 3.05) is 25.6 Å². The fraction of sp³-hybridized carbons (Fsp3) is 0.350. The molecule has 0 atom stereocenters.